The molecule has 15 heavy (non-hydrogen) atoms. The normalized spacial score (nSPS) is 10.7. The fourth-order valence-electron chi connectivity index (χ4n) is 1.65. The van der Waals surface area contributed by atoms with Gasteiger partial charge in [-0.2, -0.15) is 5.10 Å². The summed E-state index contributed by atoms with van der Waals surface area (Å²) in [4.78, 5) is 4.32. The molecule has 0 bridgehead atoms. The maximum atomic E-state index is 4.32. The molecule has 0 fully saturated rings. The van der Waals surface area contributed by atoms with Crippen LogP contribution < -0.4 is 0 Å². The van der Waals surface area contributed by atoms with Crippen molar-refractivity contribution in [1.29, 1.82) is 0 Å². The van der Waals surface area contributed by atoms with Crippen molar-refractivity contribution in [3.8, 4) is 11.1 Å². The highest BCUT2D eigenvalue weighted by atomic mass is 15.1. The van der Waals surface area contributed by atoms with Crippen molar-refractivity contribution in [3.05, 3.63) is 48.9 Å². The Bertz CT molecular complexity index is 585. The summed E-state index contributed by atoms with van der Waals surface area (Å²) in [5, 5.41) is 7.90. The molecule has 2 aromatic heterocycles. The summed E-state index contributed by atoms with van der Waals surface area (Å²) in [6.45, 7) is 0. The summed E-state index contributed by atoms with van der Waals surface area (Å²) in [6.07, 6.45) is 5.50. The van der Waals surface area contributed by atoms with E-state index in [1.807, 2.05) is 24.7 Å². The number of benzene rings is 1. The molecule has 0 aliphatic carbocycles. The van der Waals surface area contributed by atoms with Gasteiger partial charge < -0.3 is 0 Å². The standard InChI is InChI=1S/C12H9N3/c1-2-9-3-4-10(6-12(9)13-5-1)11-7-14-15-8-11/h1-8H,(H,14,15). The highest BCUT2D eigenvalue weighted by Gasteiger charge is 2.00. The van der Waals surface area contributed by atoms with Gasteiger partial charge in [0.25, 0.3) is 0 Å². The summed E-state index contributed by atoms with van der Waals surface area (Å²) in [6, 6.07) is 10.2. The van der Waals surface area contributed by atoms with Crippen LogP contribution in [0.4, 0.5) is 0 Å². The number of pyridine rings is 1. The molecule has 0 aliphatic heterocycles. The van der Waals surface area contributed by atoms with Crippen LogP contribution in [0.2, 0.25) is 0 Å². The van der Waals surface area contributed by atoms with Gasteiger partial charge in [-0.1, -0.05) is 18.2 Å². The quantitative estimate of drug-likeness (QED) is 0.648. The lowest BCUT2D eigenvalue weighted by molar-refractivity contribution is 1.09. The van der Waals surface area contributed by atoms with E-state index in [0.29, 0.717) is 0 Å². The molecule has 0 radical (unpaired) electrons. The molecular formula is C12H9N3. The zero-order valence-corrected chi connectivity index (χ0v) is 8.01. The number of H-pyrrole nitrogens is 1. The summed E-state index contributed by atoms with van der Waals surface area (Å²) in [5.74, 6) is 0. The Labute approximate surface area is 86.8 Å². The molecule has 0 aliphatic rings. The number of rotatable bonds is 1. The second-order valence-corrected chi connectivity index (χ2v) is 3.40. The molecule has 0 atom stereocenters. The molecule has 3 heteroatoms. The third kappa shape index (κ3) is 1.38. The second kappa shape index (κ2) is 3.20. The van der Waals surface area contributed by atoms with Crippen LogP contribution in [0.15, 0.2) is 48.9 Å². The summed E-state index contributed by atoms with van der Waals surface area (Å²) < 4.78 is 0. The maximum absolute atomic E-state index is 4.32. The number of nitrogens with one attached hydrogen (secondary N) is 1. The lowest BCUT2D eigenvalue weighted by Crippen LogP contribution is -1.79. The zero-order valence-electron chi connectivity index (χ0n) is 8.01. The minimum Gasteiger partial charge on any atom is -0.285 e. The second-order valence-electron chi connectivity index (χ2n) is 3.40. The molecule has 0 saturated heterocycles. The first-order chi connectivity index (χ1) is 7.43. The average Bonchev–Trinajstić information content (AvgIpc) is 2.82. The van der Waals surface area contributed by atoms with Crippen molar-refractivity contribution < 1.29 is 0 Å². The van der Waals surface area contributed by atoms with E-state index in [2.05, 4.69) is 39.4 Å². The molecule has 3 rings (SSSR count). The minimum absolute atomic E-state index is 1.01. The average molecular weight is 195 g/mol. The molecule has 1 N–H and O–H groups in total. The third-order valence-electron chi connectivity index (χ3n) is 2.44. The summed E-state index contributed by atoms with van der Waals surface area (Å²) in [5.41, 5.74) is 3.23. The zero-order chi connectivity index (χ0) is 10.1. The van der Waals surface area contributed by atoms with E-state index >= 15 is 0 Å². The molecular weight excluding hydrogens is 186 g/mol. The van der Waals surface area contributed by atoms with Crippen LogP contribution >= 0.6 is 0 Å². The van der Waals surface area contributed by atoms with Gasteiger partial charge in [0.05, 0.1) is 11.7 Å². The molecule has 0 amide bonds. The molecule has 1 aromatic carbocycles. The Morgan fingerprint density at radius 3 is 2.93 bits per heavy atom. The van der Waals surface area contributed by atoms with Crippen LogP contribution in [-0.4, -0.2) is 15.2 Å². The Hall–Kier alpha value is -2.16. The Morgan fingerprint density at radius 2 is 2.07 bits per heavy atom. The molecule has 0 unspecified atom stereocenters. The number of hydrogen-bond acceptors (Lipinski definition) is 2. The molecule has 0 spiro atoms. The number of fused-ring (bicyclic) bond motifs is 1. The van der Waals surface area contributed by atoms with E-state index in [1.165, 1.54) is 0 Å². The van der Waals surface area contributed by atoms with E-state index in [4.69, 9.17) is 0 Å². The SMILES string of the molecule is c1cnc2cc(-c3cn[nH]c3)ccc2c1. The van der Waals surface area contributed by atoms with Gasteiger partial charge >= 0.3 is 0 Å². The van der Waals surface area contributed by atoms with Gasteiger partial charge in [0.2, 0.25) is 0 Å². The number of aromatic nitrogens is 3. The van der Waals surface area contributed by atoms with Crippen molar-refractivity contribution in [2.24, 2.45) is 0 Å². The third-order valence-corrected chi connectivity index (χ3v) is 2.44. The highest BCUT2D eigenvalue weighted by Crippen LogP contribution is 2.21. The molecule has 72 valence electrons. The fourth-order valence-corrected chi connectivity index (χ4v) is 1.65. The van der Waals surface area contributed by atoms with Crippen LogP contribution in [0.1, 0.15) is 0 Å². The van der Waals surface area contributed by atoms with Crippen LogP contribution in [-0.2, 0) is 0 Å². The molecule has 0 saturated carbocycles. The van der Waals surface area contributed by atoms with Crippen LogP contribution in [0.3, 0.4) is 0 Å². The van der Waals surface area contributed by atoms with Crippen molar-refractivity contribution in [2.75, 3.05) is 0 Å². The predicted molar refractivity (Wildman–Crippen MR) is 59.3 cm³/mol. The summed E-state index contributed by atoms with van der Waals surface area (Å²) in [7, 11) is 0. The number of aromatic amines is 1. The number of hydrogen-bond donors (Lipinski definition) is 1. The van der Waals surface area contributed by atoms with Crippen molar-refractivity contribution in [1.82, 2.24) is 15.2 Å². The van der Waals surface area contributed by atoms with Crippen molar-refractivity contribution in [3.63, 3.8) is 0 Å². The van der Waals surface area contributed by atoms with E-state index in [1.54, 1.807) is 0 Å². The van der Waals surface area contributed by atoms with Gasteiger partial charge in [-0.05, 0) is 17.7 Å². The van der Waals surface area contributed by atoms with Crippen LogP contribution in [0, 0.1) is 0 Å². The first-order valence-corrected chi connectivity index (χ1v) is 4.77. The summed E-state index contributed by atoms with van der Waals surface area (Å²) >= 11 is 0. The lowest BCUT2D eigenvalue weighted by Gasteiger charge is -1.99. The fraction of sp³-hybridized carbons (Fsp3) is 0. The largest absolute Gasteiger partial charge is 0.285 e. The Balaban J connectivity index is 2.22. The maximum Gasteiger partial charge on any atom is 0.0708 e. The molecule has 2 heterocycles. The Kier molecular flexibility index (Phi) is 1.75. The van der Waals surface area contributed by atoms with Crippen molar-refractivity contribution in [2.45, 2.75) is 0 Å². The van der Waals surface area contributed by atoms with Gasteiger partial charge in [-0.3, -0.25) is 10.1 Å². The predicted octanol–water partition coefficient (Wildman–Crippen LogP) is 2.62. The Morgan fingerprint density at radius 1 is 1.07 bits per heavy atom. The minimum atomic E-state index is 1.01. The van der Waals surface area contributed by atoms with Crippen molar-refractivity contribution >= 4 is 10.9 Å². The monoisotopic (exact) mass is 195 g/mol. The molecule has 3 nitrogen and oxygen atoms in total. The van der Waals surface area contributed by atoms with Gasteiger partial charge in [0, 0.05) is 23.3 Å². The van der Waals surface area contributed by atoms with E-state index in [-0.39, 0.29) is 0 Å². The van der Waals surface area contributed by atoms with Gasteiger partial charge in [-0.25, -0.2) is 0 Å². The first-order valence-electron chi connectivity index (χ1n) is 4.77. The number of nitrogens with zero attached hydrogens (tertiary/aromatic N) is 2. The smallest absolute Gasteiger partial charge is 0.0708 e. The van der Waals surface area contributed by atoms with Crippen LogP contribution in [0.25, 0.3) is 22.0 Å². The first kappa shape index (κ1) is 8.17. The highest BCUT2D eigenvalue weighted by molar-refractivity contribution is 5.83. The van der Waals surface area contributed by atoms with E-state index < -0.39 is 0 Å². The van der Waals surface area contributed by atoms with Crippen LogP contribution in [0.5, 0.6) is 0 Å². The lowest BCUT2D eigenvalue weighted by atomic mass is 10.1. The van der Waals surface area contributed by atoms with Gasteiger partial charge in [-0.15, -0.1) is 0 Å². The van der Waals surface area contributed by atoms with Gasteiger partial charge in [0.1, 0.15) is 0 Å². The topological polar surface area (TPSA) is 41.6 Å². The van der Waals surface area contributed by atoms with E-state index in [9.17, 15) is 0 Å². The molecule has 3 aromatic rings. The van der Waals surface area contributed by atoms with E-state index in [0.717, 1.165) is 22.0 Å². The van der Waals surface area contributed by atoms with Gasteiger partial charge in [0.15, 0.2) is 0 Å².